The van der Waals surface area contributed by atoms with Crippen LogP contribution >= 0.6 is 0 Å². The molecular weight excluding hydrogens is 368 g/mol. The number of nitrogens with zero attached hydrogens (tertiary/aromatic N) is 2. The first-order chi connectivity index (χ1) is 14.1. The molecule has 6 heteroatoms. The van der Waals surface area contributed by atoms with Gasteiger partial charge in [0.1, 0.15) is 19.0 Å². The second-order valence-corrected chi connectivity index (χ2v) is 7.49. The molecule has 29 heavy (non-hydrogen) atoms. The molecule has 0 spiro atoms. The van der Waals surface area contributed by atoms with E-state index in [0.29, 0.717) is 31.1 Å². The molecule has 6 nitrogen and oxygen atoms in total. The van der Waals surface area contributed by atoms with Crippen LogP contribution in [0.25, 0.3) is 0 Å². The Hall–Kier alpha value is -3.20. The number of hydrogen-bond donors (Lipinski definition) is 0. The number of ether oxygens (including phenoxy) is 3. The van der Waals surface area contributed by atoms with Gasteiger partial charge in [0, 0.05) is 6.54 Å². The van der Waals surface area contributed by atoms with Gasteiger partial charge in [-0.1, -0.05) is 6.07 Å². The molecule has 0 aliphatic carbocycles. The van der Waals surface area contributed by atoms with E-state index in [2.05, 4.69) is 6.07 Å². The van der Waals surface area contributed by atoms with Gasteiger partial charge in [-0.05, 0) is 67.6 Å². The third kappa shape index (κ3) is 3.86. The average Bonchev–Trinajstić information content (AvgIpc) is 3.22. The summed E-state index contributed by atoms with van der Waals surface area (Å²) in [4.78, 5) is 14.8. The summed E-state index contributed by atoms with van der Waals surface area (Å²) >= 11 is 0. The highest BCUT2D eigenvalue weighted by molar-refractivity contribution is 5.78. The Morgan fingerprint density at radius 2 is 1.90 bits per heavy atom. The summed E-state index contributed by atoms with van der Waals surface area (Å²) in [6.07, 6.45) is 1.88. The average molecular weight is 392 g/mol. The van der Waals surface area contributed by atoms with E-state index in [1.165, 1.54) is 0 Å². The first kappa shape index (κ1) is 19.1. The molecule has 2 aliphatic rings. The maximum atomic E-state index is 12.9. The SMILES string of the molecule is Cc1cc(C#N)cc(C)c1OCC(=O)N1CCC[C@H]1c1ccc2c(c1)OCCO2. The molecule has 2 aromatic rings. The standard InChI is InChI=1S/C23H24N2O4/c1-15-10-17(13-24)11-16(2)23(15)29-14-22(26)25-7-3-4-19(25)18-5-6-20-21(12-18)28-9-8-27-20/h5-6,10-12,19H,3-4,7-9,14H2,1-2H3/t19-/m0/s1. The predicted octanol–water partition coefficient (Wildman–Crippen LogP) is 3.69. The first-order valence-electron chi connectivity index (χ1n) is 9.90. The van der Waals surface area contributed by atoms with Crippen molar-refractivity contribution >= 4 is 5.91 Å². The van der Waals surface area contributed by atoms with Crippen molar-refractivity contribution in [1.82, 2.24) is 4.90 Å². The molecule has 0 unspecified atom stereocenters. The Labute approximate surface area is 170 Å². The van der Waals surface area contributed by atoms with Crippen molar-refractivity contribution in [2.24, 2.45) is 0 Å². The third-order valence-corrected chi connectivity index (χ3v) is 5.45. The molecule has 0 N–H and O–H groups in total. The lowest BCUT2D eigenvalue weighted by molar-refractivity contribution is -0.134. The highest BCUT2D eigenvalue weighted by atomic mass is 16.6. The molecule has 2 aliphatic heterocycles. The minimum absolute atomic E-state index is 0.0186. The van der Waals surface area contributed by atoms with Crippen LogP contribution < -0.4 is 14.2 Å². The van der Waals surface area contributed by atoms with Gasteiger partial charge >= 0.3 is 0 Å². The summed E-state index contributed by atoms with van der Waals surface area (Å²) in [7, 11) is 0. The molecule has 4 rings (SSSR count). The number of carbonyl (C=O) groups is 1. The first-order valence-corrected chi connectivity index (χ1v) is 9.90. The number of nitriles is 1. The van der Waals surface area contributed by atoms with Crippen LogP contribution in [0.4, 0.5) is 0 Å². The molecule has 150 valence electrons. The van der Waals surface area contributed by atoms with Crippen LogP contribution in [-0.2, 0) is 4.79 Å². The minimum Gasteiger partial charge on any atom is -0.486 e. The van der Waals surface area contributed by atoms with E-state index < -0.39 is 0 Å². The van der Waals surface area contributed by atoms with Gasteiger partial charge in [-0.3, -0.25) is 4.79 Å². The smallest absolute Gasteiger partial charge is 0.261 e. The quantitative estimate of drug-likeness (QED) is 0.794. The Bertz CT molecular complexity index is 956. The van der Waals surface area contributed by atoms with Crippen molar-refractivity contribution in [3.63, 3.8) is 0 Å². The van der Waals surface area contributed by atoms with E-state index in [9.17, 15) is 4.79 Å². The van der Waals surface area contributed by atoms with E-state index in [1.807, 2.05) is 36.9 Å². The summed E-state index contributed by atoms with van der Waals surface area (Å²) in [6, 6.07) is 11.6. The number of hydrogen-bond acceptors (Lipinski definition) is 5. The van der Waals surface area contributed by atoms with Crippen LogP contribution in [0.2, 0.25) is 0 Å². The summed E-state index contributed by atoms with van der Waals surface area (Å²) in [5, 5.41) is 9.08. The lowest BCUT2D eigenvalue weighted by Gasteiger charge is -2.27. The van der Waals surface area contributed by atoms with Gasteiger partial charge in [0.25, 0.3) is 5.91 Å². The molecular formula is C23H24N2O4. The maximum absolute atomic E-state index is 12.9. The number of rotatable bonds is 4. The summed E-state index contributed by atoms with van der Waals surface area (Å²) < 4.78 is 17.2. The van der Waals surface area contributed by atoms with Crippen LogP contribution in [0.5, 0.6) is 17.2 Å². The third-order valence-electron chi connectivity index (χ3n) is 5.45. The van der Waals surface area contributed by atoms with Crippen molar-refractivity contribution in [2.45, 2.75) is 32.7 Å². The van der Waals surface area contributed by atoms with Crippen LogP contribution in [0, 0.1) is 25.2 Å². The molecule has 0 radical (unpaired) electrons. The van der Waals surface area contributed by atoms with Crippen molar-refractivity contribution in [3.05, 3.63) is 52.6 Å². The normalized spacial score (nSPS) is 17.7. The number of benzene rings is 2. The number of carbonyl (C=O) groups excluding carboxylic acids is 1. The van der Waals surface area contributed by atoms with E-state index in [-0.39, 0.29) is 18.6 Å². The highest BCUT2D eigenvalue weighted by Gasteiger charge is 2.31. The zero-order valence-electron chi connectivity index (χ0n) is 16.7. The molecule has 1 saturated heterocycles. The van der Waals surface area contributed by atoms with E-state index in [0.717, 1.165) is 41.0 Å². The zero-order valence-corrected chi connectivity index (χ0v) is 16.7. The molecule has 1 fully saturated rings. The molecule has 0 saturated carbocycles. The number of amides is 1. The van der Waals surface area contributed by atoms with Crippen LogP contribution in [0.3, 0.4) is 0 Å². The second kappa shape index (κ2) is 8.04. The zero-order chi connectivity index (χ0) is 20.4. The van der Waals surface area contributed by atoms with Gasteiger partial charge < -0.3 is 19.1 Å². The van der Waals surface area contributed by atoms with E-state index in [4.69, 9.17) is 19.5 Å². The van der Waals surface area contributed by atoms with Crippen molar-refractivity contribution in [2.75, 3.05) is 26.4 Å². The summed E-state index contributed by atoms with van der Waals surface area (Å²) in [5.74, 6) is 2.14. The fraction of sp³-hybridized carbons (Fsp3) is 0.391. The van der Waals surface area contributed by atoms with Crippen molar-refractivity contribution < 1.29 is 19.0 Å². The van der Waals surface area contributed by atoms with Gasteiger partial charge in [0.05, 0.1) is 17.7 Å². The predicted molar refractivity (Wildman–Crippen MR) is 107 cm³/mol. The van der Waals surface area contributed by atoms with Crippen LogP contribution in [-0.4, -0.2) is 37.2 Å². The van der Waals surface area contributed by atoms with Crippen LogP contribution in [0.1, 0.15) is 41.1 Å². The second-order valence-electron chi connectivity index (χ2n) is 7.49. The highest BCUT2D eigenvalue weighted by Crippen LogP contribution is 2.38. The van der Waals surface area contributed by atoms with Crippen LogP contribution in [0.15, 0.2) is 30.3 Å². The Balaban J connectivity index is 1.47. The molecule has 1 atom stereocenters. The summed E-state index contributed by atoms with van der Waals surface area (Å²) in [5.41, 5.74) is 3.38. The molecule has 0 bridgehead atoms. The van der Waals surface area contributed by atoms with Crippen molar-refractivity contribution in [1.29, 1.82) is 5.26 Å². The van der Waals surface area contributed by atoms with Gasteiger partial charge in [-0.2, -0.15) is 5.26 Å². The van der Waals surface area contributed by atoms with Gasteiger partial charge in [-0.25, -0.2) is 0 Å². The molecule has 0 aromatic heterocycles. The molecule has 2 aromatic carbocycles. The Morgan fingerprint density at radius 3 is 2.62 bits per heavy atom. The van der Waals surface area contributed by atoms with Gasteiger partial charge in [0.15, 0.2) is 18.1 Å². The lowest BCUT2D eigenvalue weighted by Crippen LogP contribution is -2.34. The Kier molecular flexibility index (Phi) is 5.30. The van der Waals surface area contributed by atoms with E-state index >= 15 is 0 Å². The minimum atomic E-state index is -0.0365. The van der Waals surface area contributed by atoms with Crippen molar-refractivity contribution in [3.8, 4) is 23.3 Å². The summed E-state index contributed by atoms with van der Waals surface area (Å²) in [6.45, 7) is 5.58. The number of aryl methyl sites for hydroxylation is 2. The largest absolute Gasteiger partial charge is 0.486 e. The monoisotopic (exact) mass is 392 g/mol. The number of likely N-dealkylation sites (tertiary alicyclic amines) is 1. The maximum Gasteiger partial charge on any atom is 0.261 e. The fourth-order valence-electron chi connectivity index (χ4n) is 4.14. The van der Waals surface area contributed by atoms with Gasteiger partial charge in [0.2, 0.25) is 0 Å². The number of fused-ring (bicyclic) bond motifs is 1. The molecule has 2 heterocycles. The fourth-order valence-corrected chi connectivity index (χ4v) is 4.14. The van der Waals surface area contributed by atoms with E-state index in [1.54, 1.807) is 12.1 Å². The Morgan fingerprint density at radius 1 is 1.17 bits per heavy atom. The van der Waals surface area contributed by atoms with Gasteiger partial charge in [-0.15, -0.1) is 0 Å². The topological polar surface area (TPSA) is 71.8 Å². The molecule has 1 amide bonds. The lowest BCUT2D eigenvalue weighted by atomic mass is 10.0.